The lowest BCUT2D eigenvalue weighted by Gasteiger charge is -2.14. The predicted octanol–water partition coefficient (Wildman–Crippen LogP) is 2.17. The number of esters is 2. The number of carbonyl (C=O) groups excluding carboxylic acids is 2. The molecule has 2 aromatic rings. The van der Waals surface area contributed by atoms with Crippen LogP contribution in [0.2, 0.25) is 0 Å². The highest BCUT2D eigenvalue weighted by atomic mass is 16.5. The molecule has 0 aliphatic carbocycles. The van der Waals surface area contributed by atoms with Gasteiger partial charge in [0.15, 0.2) is 5.69 Å². The van der Waals surface area contributed by atoms with Crippen molar-refractivity contribution in [2.45, 2.75) is 19.6 Å². The lowest BCUT2D eigenvalue weighted by Crippen LogP contribution is -2.16. The second-order valence-electron chi connectivity index (χ2n) is 5.60. The van der Waals surface area contributed by atoms with Gasteiger partial charge in [0.25, 0.3) is 0 Å². The summed E-state index contributed by atoms with van der Waals surface area (Å²) in [6.07, 6.45) is 0. The molecule has 0 saturated heterocycles. The van der Waals surface area contributed by atoms with Crippen molar-refractivity contribution in [2.24, 2.45) is 0 Å². The molecule has 1 aromatic carbocycles. The first-order valence-electron chi connectivity index (χ1n) is 7.58. The number of fused-ring (bicyclic) bond motifs is 1. The van der Waals surface area contributed by atoms with Gasteiger partial charge in [0.05, 0.1) is 25.5 Å². The standard InChI is InChI=1S/C18H18N2O4/c1-23-17(21)14-8-13-10-20(9-12-6-4-3-5-7-12)11-15(13)19-16(14)18(22)24-2/h3-8H,9-11H2,1-2H3. The van der Waals surface area contributed by atoms with Gasteiger partial charge in [0, 0.05) is 19.6 Å². The Kier molecular flexibility index (Phi) is 4.57. The van der Waals surface area contributed by atoms with Gasteiger partial charge in [0.1, 0.15) is 0 Å². The number of methoxy groups -OCH3 is 2. The summed E-state index contributed by atoms with van der Waals surface area (Å²) in [6.45, 7) is 2.07. The fourth-order valence-electron chi connectivity index (χ4n) is 2.85. The van der Waals surface area contributed by atoms with Gasteiger partial charge in [-0.1, -0.05) is 30.3 Å². The van der Waals surface area contributed by atoms with Crippen LogP contribution in [0, 0.1) is 0 Å². The van der Waals surface area contributed by atoms with Crippen molar-refractivity contribution >= 4 is 11.9 Å². The molecule has 24 heavy (non-hydrogen) atoms. The zero-order chi connectivity index (χ0) is 17.1. The van der Waals surface area contributed by atoms with Crippen LogP contribution in [0.5, 0.6) is 0 Å². The van der Waals surface area contributed by atoms with Crippen molar-refractivity contribution in [1.82, 2.24) is 9.88 Å². The van der Waals surface area contributed by atoms with E-state index < -0.39 is 11.9 Å². The van der Waals surface area contributed by atoms with Gasteiger partial charge in [-0.3, -0.25) is 4.90 Å². The van der Waals surface area contributed by atoms with Crippen LogP contribution < -0.4 is 0 Å². The largest absolute Gasteiger partial charge is 0.465 e. The molecule has 6 heteroatoms. The van der Waals surface area contributed by atoms with E-state index in [0.29, 0.717) is 13.1 Å². The van der Waals surface area contributed by atoms with Crippen molar-refractivity contribution in [3.05, 3.63) is 64.5 Å². The number of aromatic nitrogens is 1. The molecular formula is C18H18N2O4. The minimum atomic E-state index is -0.639. The van der Waals surface area contributed by atoms with Crippen molar-refractivity contribution in [1.29, 1.82) is 0 Å². The van der Waals surface area contributed by atoms with Gasteiger partial charge in [-0.2, -0.15) is 0 Å². The molecule has 124 valence electrons. The maximum atomic E-state index is 11.9. The average molecular weight is 326 g/mol. The second kappa shape index (κ2) is 6.80. The molecule has 3 rings (SSSR count). The molecule has 0 spiro atoms. The lowest BCUT2D eigenvalue weighted by molar-refractivity contribution is 0.0549. The quantitative estimate of drug-likeness (QED) is 0.802. The third-order valence-corrected chi connectivity index (χ3v) is 3.99. The van der Waals surface area contributed by atoms with Gasteiger partial charge >= 0.3 is 11.9 Å². The summed E-state index contributed by atoms with van der Waals surface area (Å²) in [5.41, 5.74) is 3.07. The molecule has 0 saturated carbocycles. The SMILES string of the molecule is COC(=O)c1cc2c(nc1C(=O)OC)CN(Cc1ccccc1)C2. The van der Waals surface area contributed by atoms with Crippen LogP contribution in [-0.4, -0.2) is 36.0 Å². The first-order valence-corrected chi connectivity index (χ1v) is 7.58. The van der Waals surface area contributed by atoms with Crippen molar-refractivity contribution in [3.8, 4) is 0 Å². The molecule has 1 aliphatic rings. The Bertz CT molecular complexity index is 729. The van der Waals surface area contributed by atoms with Crippen LogP contribution in [0.3, 0.4) is 0 Å². The van der Waals surface area contributed by atoms with E-state index in [1.165, 1.54) is 19.8 Å². The maximum absolute atomic E-state index is 11.9. The molecule has 0 bridgehead atoms. The molecule has 0 N–H and O–H groups in total. The maximum Gasteiger partial charge on any atom is 0.357 e. The normalized spacial score (nSPS) is 13.4. The van der Waals surface area contributed by atoms with E-state index in [1.54, 1.807) is 6.07 Å². The Morgan fingerprint density at radius 1 is 1.08 bits per heavy atom. The van der Waals surface area contributed by atoms with E-state index in [9.17, 15) is 9.59 Å². The number of hydrogen-bond donors (Lipinski definition) is 0. The van der Waals surface area contributed by atoms with Crippen LogP contribution in [0.15, 0.2) is 36.4 Å². The van der Waals surface area contributed by atoms with Crippen molar-refractivity contribution in [3.63, 3.8) is 0 Å². The number of hydrogen-bond acceptors (Lipinski definition) is 6. The van der Waals surface area contributed by atoms with E-state index in [4.69, 9.17) is 9.47 Å². The monoisotopic (exact) mass is 326 g/mol. The highest BCUT2D eigenvalue weighted by molar-refractivity contribution is 6.01. The fourth-order valence-corrected chi connectivity index (χ4v) is 2.85. The van der Waals surface area contributed by atoms with E-state index in [0.717, 1.165) is 17.8 Å². The number of benzene rings is 1. The minimum Gasteiger partial charge on any atom is -0.465 e. The number of ether oxygens (including phenoxy) is 2. The summed E-state index contributed by atoms with van der Waals surface area (Å²) in [5.74, 6) is -1.23. The van der Waals surface area contributed by atoms with Crippen LogP contribution in [0.4, 0.5) is 0 Å². The Morgan fingerprint density at radius 3 is 2.46 bits per heavy atom. The molecule has 0 amide bonds. The van der Waals surface area contributed by atoms with Crippen LogP contribution in [-0.2, 0) is 29.1 Å². The molecule has 0 unspecified atom stereocenters. The third kappa shape index (κ3) is 3.14. The van der Waals surface area contributed by atoms with Crippen LogP contribution >= 0.6 is 0 Å². The van der Waals surface area contributed by atoms with Gasteiger partial charge < -0.3 is 9.47 Å². The van der Waals surface area contributed by atoms with Crippen molar-refractivity contribution < 1.29 is 19.1 Å². The van der Waals surface area contributed by atoms with Gasteiger partial charge in [0.2, 0.25) is 0 Å². The molecular weight excluding hydrogens is 308 g/mol. The fraction of sp³-hybridized carbons (Fsp3) is 0.278. The minimum absolute atomic E-state index is 0.00432. The summed E-state index contributed by atoms with van der Waals surface area (Å²) in [6, 6.07) is 11.8. The van der Waals surface area contributed by atoms with E-state index in [-0.39, 0.29) is 11.3 Å². The Hall–Kier alpha value is -2.73. The predicted molar refractivity (Wildman–Crippen MR) is 86.3 cm³/mol. The lowest BCUT2D eigenvalue weighted by atomic mass is 10.1. The molecule has 0 atom stereocenters. The van der Waals surface area contributed by atoms with E-state index in [2.05, 4.69) is 22.0 Å². The average Bonchev–Trinajstić information content (AvgIpc) is 3.01. The summed E-state index contributed by atoms with van der Waals surface area (Å²) in [5, 5.41) is 0. The molecule has 0 fully saturated rings. The summed E-state index contributed by atoms with van der Waals surface area (Å²) < 4.78 is 9.48. The van der Waals surface area contributed by atoms with Gasteiger partial charge in [-0.05, 0) is 17.2 Å². The second-order valence-corrected chi connectivity index (χ2v) is 5.60. The Labute approximate surface area is 140 Å². The van der Waals surface area contributed by atoms with Gasteiger partial charge in [-0.15, -0.1) is 0 Å². The van der Waals surface area contributed by atoms with E-state index in [1.807, 2.05) is 18.2 Å². The number of rotatable bonds is 4. The highest BCUT2D eigenvalue weighted by Gasteiger charge is 2.28. The summed E-state index contributed by atoms with van der Waals surface area (Å²) >= 11 is 0. The number of nitrogens with zero attached hydrogens (tertiary/aromatic N) is 2. The third-order valence-electron chi connectivity index (χ3n) is 3.99. The number of pyridine rings is 1. The van der Waals surface area contributed by atoms with E-state index >= 15 is 0 Å². The summed E-state index contributed by atoms with van der Waals surface area (Å²) in [7, 11) is 2.54. The Morgan fingerprint density at radius 2 is 1.79 bits per heavy atom. The molecule has 1 aromatic heterocycles. The van der Waals surface area contributed by atoms with Crippen LogP contribution in [0.25, 0.3) is 0 Å². The molecule has 6 nitrogen and oxygen atoms in total. The molecule has 0 radical (unpaired) electrons. The highest BCUT2D eigenvalue weighted by Crippen LogP contribution is 2.26. The Balaban J connectivity index is 1.88. The zero-order valence-electron chi connectivity index (χ0n) is 13.6. The first-order chi connectivity index (χ1) is 11.6. The smallest absolute Gasteiger partial charge is 0.357 e. The topological polar surface area (TPSA) is 68.7 Å². The zero-order valence-corrected chi connectivity index (χ0v) is 13.6. The number of carbonyl (C=O) groups is 2. The van der Waals surface area contributed by atoms with Crippen LogP contribution in [0.1, 0.15) is 37.7 Å². The molecule has 2 heterocycles. The summed E-state index contributed by atoms with van der Waals surface area (Å²) in [4.78, 5) is 30.4. The first kappa shape index (κ1) is 16.1. The van der Waals surface area contributed by atoms with Gasteiger partial charge in [-0.25, -0.2) is 14.6 Å². The molecule has 1 aliphatic heterocycles. The van der Waals surface area contributed by atoms with Crippen molar-refractivity contribution in [2.75, 3.05) is 14.2 Å².